The van der Waals surface area contributed by atoms with Gasteiger partial charge in [-0.1, -0.05) is 30.3 Å². The summed E-state index contributed by atoms with van der Waals surface area (Å²) in [6, 6.07) is 14.5. The van der Waals surface area contributed by atoms with Crippen molar-refractivity contribution in [3.8, 4) is 0 Å². The minimum absolute atomic E-state index is 0.0347. The average molecular weight is 377 g/mol. The fraction of sp³-hybridized carbons (Fsp3) is 0.190. The molecule has 2 heterocycles. The molecule has 7 heteroatoms. The van der Waals surface area contributed by atoms with Crippen LogP contribution in [0.2, 0.25) is 0 Å². The van der Waals surface area contributed by atoms with Gasteiger partial charge in [0.05, 0.1) is 16.9 Å². The lowest BCUT2D eigenvalue weighted by Gasteiger charge is -2.19. The van der Waals surface area contributed by atoms with Gasteiger partial charge in [0.1, 0.15) is 0 Å². The van der Waals surface area contributed by atoms with Crippen LogP contribution in [0.3, 0.4) is 0 Å². The normalized spacial score (nSPS) is 13.7. The maximum Gasteiger partial charge on any atom is 0.340 e. The number of benzene rings is 2. The summed E-state index contributed by atoms with van der Waals surface area (Å²) in [6.07, 6.45) is 2.87. The van der Waals surface area contributed by atoms with Crippen molar-refractivity contribution in [2.45, 2.75) is 12.8 Å². The number of H-pyrrole nitrogens is 1. The molecule has 0 aliphatic carbocycles. The Labute approximate surface area is 161 Å². The Morgan fingerprint density at radius 1 is 1.11 bits per heavy atom. The Morgan fingerprint density at radius 2 is 1.89 bits per heavy atom. The van der Waals surface area contributed by atoms with Gasteiger partial charge in [0, 0.05) is 30.1 Å². The van der Waals surface area contributed by atoms with Gasteiger partial charge in [-0.3, -0.25) is 9.59 Å². The Bertz CT molecular complexity index is 1060. The molecule has 1 aromatic heterocycles. The number of rotatable bonds is 5. The summed E-state index contributed by atoms with van der Waals surface area (Å²) in [5.74, 6) is -1.00. The zero-order valence-corrected chi connectivity index (χ0v) is 15.1. The van der Waals surface area contributed by atoms with E-state index in [4.69, 9.17) is 4.74 Å². The second-order valence-electron chi connectivity index (χ2n) is 6.54. The molecular weight excluding hydrogens is 358 g/mol. The van der Waals surface area contributed by atoms with Crippen LogP contribution in [-0.2, 0) is 14.3 Å². The maximum absolute atomic E-state index is 12.3. The van der Waals surface area contributed by atoms with Gasteiger partial charge < -0.3 is 19.9 Å². The van der Waals surface area contributed by atoms with Gasteiger partial charge in [-0.05, 0) is 24.6 Å². The van der Waals surface area contributed by atoms with Gasteiger partial charge >= 0.3 is 5.97 Å². The Kier molecular flexibility index (Phi) is 4.80. The number of nitrogens with zero attached hydrogens (tertiary/aromatic N) is 1. The molecule has 0 atom stereocenters. The second kappa shape index (κ2) is 7.56. The molecule has 28 heavy (non-hydrogen) atoms. The summed E-state index contributed by atoms with van der Waals surface area (Å²) in [5, 5.41) is 3.47. The van der Waals surface area contributed by atoms with E-state index in [2.05, 4.69) is 10.3 Å². The number of carbonyl (C=O) groups excluding carboxylic acids is 3. The standard InChI is InChI=1S/C21H19N3O4/c25-19(13-28-21(27)15-12-22-16-7-2-1-6-14(15)16)23-17-8-3-4-9-18(17)24-11-5-10-20(24)26/h1-4,6-9,12,22H,5,10-11,13H2,(H,23,25). The summed E-state index contributed by atoms with van der Waals surface area (Å²) >= 11 is 0. The maximum atomic E-state index is 12.3. The van der Waals surface area contributed by atoms with Gasteiger partial charge in [0.25, 0.3) is 5.91 Å². The molecule has 0 spiro atoms. The molecule has 1 aliphatic rings. The number of amides is 2. The summed E-state index contributed by atoms with van der Waals surface area (Å²) in [7, 11) is 0. The summed E-state index contributed by atoms with van der Waals surface area (Å²) < 4.78 is 5.16. The molecule has 142 valence electrons. The fourth-order valence-electron chi connectivity index (χ4n) is 3.35. The lowest BCUT2D eigenvalue weighted by atomic mass is 10.2. The minimum atomic E-state index is -0.574. The van der Waals surface area contributed by atoms with Crippen LogP contribution in [-0.4, -0.2) is 35.9 Å². The molecule has 7 nitrogen and oxygen atoms in total. The number of ether oxygens (including phenoxy) is 1. The highest BCUT2D eigenvalue weighted by Gasteiger charge is 2.24. The molecule has 0 radical (unpaired) electrons. The first-order valence-electron chi connectivity index (χ1n) is 9.06. The van der Waals surface area contributed by atoms with Crippen LogP contribution in [0, 0.1) is 0 Å². The van der Waals surface area contributed by atoms with Crippen LogP contribution in [0.5, 0.6) is 0 Å². The molecule has 1 aliphatic heterocycles. The number of anilines is 2. The number of para-hydroxylation sites is 3. The number of fused-ring (bicyclic) bond motifs is 1. The van der Waals surface area contributed by atoms with E-state index >= 15 is 0 Å². The molecule has 1 fully saturated rings. The van der Waals surface area contributed by atoms with Crippen molar-refractivity contribution in [1.82, 2.24) is 4.98 Å². The van der Waals surface area contributed by atoms with Crippen molar-refractivity contribution >= 4 is 40.1 Å². The zero-order valence-electron chi connectivity index (χ0n) is 15.1. The van der Waals surface area contributed by atoms with Crippen LogP contribution in [0.15, 0.2) is 54.7 Å². The van der Waals surface area contributed by atoms with Crippen LogP contribution >= 0.6 is 0 Å². The third-order valence-electron chi connectivity index (χ3n) is 4.69. The number of hydrogen-bond acceptors (Lipinski definition) is 4. The second-order valence-corrected chi connectivity index (χ2v) is 6.54. The predicted molar refractivity (Wildman–Crippen MR) is 105 cm³/mol. The van der Waals surface area contributed by atoms with Gasteiger partial charge in [-0.15, -0.1) is 0 Å². The quantitative estimate of drug-likeness (QED) is 0.669. The largest absolute Gasteiger partial charge is 0.452 e. The lowest BCUT2D eigenvalue weighted by molar-refractivity contribution is -0.119. The number of esters is 1. The highest BCUT2D eigenvalue weighted by Crippen LogP contribution is 2.29. The highest BCUT2D eigenvalue weighted by molar-refractivity contribution is 6.06. The van der Waals surface area contributed by atoms with Crippen molar-refractivity contribution in [1.29, 1.82) is 0 Å². The summed E-state index contributed by atoms with van der Waals surface area (Å²) in [4.78, 5) is 41.3. The SMILES string of the molecule is O=C(COC(=O)c1c[nH]c2ccccc12)Nc1ccccc1N1CCCC1=O. The van der Waals surface area contributed by atoms with Crippen LogP contribution in [0.1, 0.15) is 23.2 Å². The first-order valence-corrected chi connectivity index (χ1v) is 9.06. The molecule has 0 saturated carbocycles. The predicted octanol–water partition coefficient (Wildman–Crippen LogP) is 3.09. The summed E-state index contributed by atoms with van der Waals surface area (Å²) in [6.45, 7) is 0.210. The average Bonchev–Trinajstić information content (AvgIpc) is 3.33. The first kappa shape index (κ1) is 17.8. The van der Waals surface area contributed by atoms with E-state index in [-0.39, 0.29) is 5.91 Å². The van der Waals surface area contributed by atoms with Crippen molar-refractivity contribution in [3.63, 3.8) is 0 Å². The van der Waals surface area contributed by atoms with E-state index < -0.39 is 18.5 Å². The number of carbonyl (C=O) groups is 3. The molecule has 4 rings (SSSR count). The summed E-state index contributed by atoms with van der Waals surface area (Å²) in [5.41, 5.74) is 2.38. The van der Waals surface area contributed by atoms with E-state index in [0.29, 0.717) is 29.9 Å². The van der Waals surface area contributed by atoms with E-state index in [1.54, 1.807) is 29.3 Å². The number of hydrogen-bond donors (Lipinski definition) is 2. The van der Waals surface area contributed by atoms with Crippen molar-refractivity contribution in [2.24, 2.45) is 0 Å². The van der Waals surface area contributed by atoms with E-state index in [1.807, 2.05) is 30.3 Å². The van der Waals surface area contributed by atoms with Crippen LogP contribution in [0.25, 0.3) is 10.9 Å². The third-order valence-corrected chi connectivity index (χ3v) is 4.69. The molecule has 1 saturated heterocycles. The number of aromatic nitrogens is 1. The first-order chi connectivity index (χ1) is 13.6. The molecule has 0 unspecified atom stereocenters. The topological polar surface area (TPSA) is 91.5 Å². The molecule has 2 amide bonds. The van der Waals surface area contributed by atoms with E-state index in [1.165, 1.54) is 0 Å². The third kappa shape index (κ3) is 3.46. The van der Waals surface area contributed by atoms with Crippen molar-refractivity contribution < 1.29 is 19.1 Å². The van der Waals surface area contributed by atoms with Gasteiger partial charge in [-0.25, -0.2) is 4.79 Å². The van der Waals surface area contributed by atoms with Crippen molar-refractivity contribution in [3.05, 3.63) is 60.3 Å². The van der Waals surface area contributed by atoms with Crippen LogP contribution in [0.4, 0.5) is 11.4 Å². The Balaban J connectivity index is 1.41. The highest BCUT2D eigenvalue weighted by atomic mass is 16.5. The Hall–Kier alpha value is -3.61. The fourth-order valence-corrected chi connectivity index (χ4v) is 3.35. The number of nitrogens with one attached hydrogen (secondary N) is 2. The Morgan fingerprint density at radius 3 is 2.71 bits per heavy atom. The monoisotopic (exact) mass is 377 g/mol. The van der Waals surface area contributed by atoms with E-state index in [9.17, 15) is 14.4 Å². The number of aromatic amines is 1. The smallest absolute Gasteiger partial charge is 0.340 e. The van der Waals surface area contributed by atoms with Crippen LogP contribution < -0.4 is 10.2 Å². The minimum Gasteiger partial charge on any atom is -0.452 e. The zero-order chi connectivity index (χ0) is 19.5. The molecule has 0 bridgehead atoms. The molecule has 2 aromatic carbocycles. The lowest BCUT2D eigenvalue weighted by Crippen LogP contribution is -2.26. The van der Waals surface area contributed by atoms with Gasteiger partial charge in [0.15, 0.2) is 6.61 Å². The molecule has 2 N–H and O–H groups in total. The van der Waals surface area contributed by atoms with Gasteiger partial charge in [0.2, 0.25) is 5.91 Å². The van der Waals surface area contributed by atoms with E-state index in [0.717, 1.165) is 17.3 Å². The van der Waals surface area contributed by atoms with Crippen molar-refractivity contribution in [2.75, 3.05) is 23.4 Å². The molecular formula is C21H19N3O4. The van der Waals surface area contributed by atoms with Gasteiger partial charge in [-0.2, -0.15) is 0 Å². The molecule has 3 aromatic rings.